The van der Waals surface area contributed by atoms with Crippen molar-refractivity contribution in [3.8, 4) is 5.75 Å². The molecule has 7 heteroatoms. The van der Waals surface area contributed by atoms with Crippen molar-refractivity contribution < 1.29 is 19.0 Å². The Balaban J connectivity index is 1.59. The fourth-order valence-corrected chi connectivity index (χ4v) is 4.94. The van der Waals surface area contributed by atoms with Gasteiger partial charge in [-0.05, 0) is 55.2 Å². The molecule has 3 aromatic rings. The van der Waals surface area contributed by atoms with Crippen molar-refractivity contribution in [1.29, 1.82) is 0 Å². The average Bonchev–Trinajstić information content (AvgIpc) is 3.37. The first-order valence-corrected chi connectivity index (χ1v) is 11.8. The Kier molecular flexibility index (Phi) is 7.88. The van der Waals surface area contributed by atoms with Crippen molar-refractivity contribution in [2.24, 2.45) is 0 Å². The van der Waals surface area contributed by atoms with Crippen LogP contribution in [0, 0.1) is 6.92 Å². The molecule has 1 aliphatic rings. The smallest absolute Gasteiger partial charge is 0.251 e. The predicted octanol–water partition coefficient (Wildman–Crippen LogP) is 4.21. The summed E-state index contributed by atoms with van der Waals surface area (Å²) in [6.45, 7) is 4.79. The summed E-state index contributed by atoms with van der Waals surface area (Å²) in [6, 6.07) is 12.4. The van der Waals surface area contributed by atoms with E-state index in [4.69, 9.17) is 14.2 Å². The van der Waals surface area contributed by atoms with E-state index >= 15 is 0 Å². The Morgan fingerprint density at radius 1 is 1.18 bits per heavy atom. The van der Waals surface area contributed by atoms with E-state index in [2.05, 4.69) is 46.4 Å². The largest absolute Gasteiger partial charge is 0.496 e. The van der Waals surface area contributed by atoms with Gasteiger partial charge < -0.3 is 24.5 Å². The molecule has 2 heterocycles. The Hall–Kier alpha value is -2.87. The number of fused-ring (bicyclic) bond motifs is 1. The molecule has 7 nitrogen and oxygen atoms in total. The molecule has 34 heavy (non-hydrogen) atoms. The van der Waals surface area contributed by atoms with E-state index in [1.807, 2.05) is 18.3 Å². The van der Waals surface area contributed by atoms with E-state index in [0.29, 0.717) is 18.7 Å². The maximum atomic E-state index is 12.4. The lowest BCUT2D eigenvalue weighted by molar-refractivity contribution is 0.00676. The second-order valence-electron chi connectivity index (χ2n) is 8.88. The highest BCUT2D eigenvalue weighted by Gasteiger charge is 2.31. The van der Waals surface area contributed by atoms with Crippen LogP contribution >= 0.6 is 0 Å². The van der Waals surface area contributed by atoms with Crippen molar-refractivity contribution in [2.45, 2.75) is 38.5 Å². The van der Waals surface area contributed by atoms with Crippen LogP contribution in [0.1, 0.15) is 45.9 Å². The number of H-pyrrole nitrogens is 1. The molecule has 1 fully saturated rings. The van der Waals surface area contributed by atoms with Gasteiger partial charge in [-0.25, -0.2) is 0 Å². The third-order valence-electron chi connectivity index (χ3n) is 6.84. The number of nitrogens with zero attached hydrogens (tertiary/aromatic N) is 1. The number of hydrogen-bond donors (Lipinski definition) is 2. The van der Waals surface area contributed by atoms with Crippen molar-refractivity contribution in [3.05, 3.63) is 64.8 Å². The highest BCUT2D eigenvalue weighted by atomic mass is 16.5. The van der Waals surface area contributed by atoms with E-state index in [1.165, 1.54) is 22.1 Å². The summed E-state index contributed by atoms with van der Waals surface area (Å²) >= 11 is 0. The maximum absolute atomic E-state index is 12.4. The Morgan fingerprint density at radius 2 is 1.97 bits per heavy atom. The van der Waals surface area contributed by atoms with Gasteiger partial charge in [0.05, 0.1) is 19.8 Å². The lowest BCUT2D eigenvalue weighted by Crippen LogP contribution is -2.39. The van der Waals surface area contributed by atoms with Crippen LogP contribution in [0.3, 0.4) is 0 Å². The number of piperidine rings is 1. The van der Waals surface area contributed by atoms with Crippen LogP contribution in [0.5, 0.6) is 5.75 Å². The van der Waals surface area contributed by atoms with Gasteiger partial charge in [0.15, 0.2) is 0 Å². The molecule has 2 N–H and O–H groups in total. The number of ether oxygens (including phenoxy) is 3. The molecule has 0 unspecified atom stereocenters. The molecule has 1 aromatic heterocycles. The normalized spacial score (nSPS) is 18.8. The lowest BCUT2D eigenvalue weighted by atomic mass is 9.91. The molecular formula is C27H35N3O4. The van der Waals surface area contributed by atoms with E-state index < -0.39 is 0 Å². The summed E-state index contributed by atoms with van der Waals surface area (Å²) in [5.41, 5.74) is 5.36. The summed E-state index contributed by atoms with van der Waals surface area (Å²) in [7, 11) is 5.15. The average molecular weight is 466 g/mol. The van der Waals surface area contributed by atoms with Gasteiger partial charge in [0.2, 0.25) is 0 Å². The number of amides is 1. The fraction of sp³-hybridized carbons (Fsp3) is 0.444. The molecule has 2 aromatic carbocycles. The number of carbonyl (C=O) groups is 1. The van der Waals surface area contributed by atoms with Gasteiger partial charge in [-0.15, -0.1) is 0 Å². The molecule has 182 valence electrons. The lowest BCUT2D eigenvalue weighted by Gasteiger charge is -2.39. The first-order valence-electron chi connectivity index (χ1n) is 11.8. The minimum Gasteiger partial charge on any atom is -0.496 e. The van der Waals surface area contributed by atoms with Gasteiger partial charge in [0, 0.05) is 68.1 Å². The minimum absolute atomic E-state index is 0.0851. The summed E-state index contributed by atoms with van der Waals surface area (Å²) in [4.78, 5) is 18.3. The number of aryl methyl sites for hydroxylation is 1. The van der Waals surface area contributed by atoms with Gasteiger partial charge in [-0.1, -0.05) is 12.1 Å². The zero-order valence-corrected chi connectivity index (χ0v) is 20.5. The second kappa shape index (κ2) is 11.0. The molecule has 0 bridgehead atoms. The molecule has 4 rings (SSSR count). The van der Waals surface area contributed by atoms with Crippen molar-refractivity contribution in [2.75, 3.05) is 41.0 Å². The summed E-state index contributed by atoms with van der Waals surface area (Å²) in [6.07, 6.45) is 4.09. The zero-order valence-electron chi connectivity index (χ0n) is 20.5. The highest BCUT2D eigenvalue weighted by Crippen LogP contribution is 2.37. The monoisotopic (exact) mass is 465 g/mol. The van der Waals surface area contributed by atoms with Crippen LogP contribution in [0.15, 0.2) is 42.6 Å². The second-order valence-corrected chi connectivity index (χ2v) is 8.88. The molecule has 0 spiro atoms. The van der Waals surface area contributed by atoms with Gasteiger partial charge in [0.1, 0.15) is 5.75 Å². The first-order chi connectivity index (χ1) is 16.5. The van der Waals surface area contributed by atoms with Gasteiger partial charge in [-0.3, -0.25) is 9.69 Å². The number of carbonyl (C=O) groups excluding carboxylic acids is 1. The highest BCUT2D eigenvalue weighted by molar-refractivity contribution is 5.94. The summed E-state index contributed by atoms with van der Waals surface area (Å²) < 4.78 is 16.5. The van der Waals surface area contributed by atoms with E-state index in [9.17, 15) is 4.79 Å². The van der Waals surface area contributed by atoms with Gasteiger partial charge in [0.25, 0.3) is 5.91 Å². The molecule has 0 aliphatic carbocycles. The van der Waals surface area contributed by atoms with Crippen molar-refractivity contribution >= 4 is 16.8 Å². The molecule has 0 radical (unpaired) electrons. The molecular weight excluding hydrogens is 430 g/mol. The van der Waals surface area contributed by atoms with E-state index in [-0.39, 0.29) is 18.1 Å². The standard InChI is InChI=1S/C27H35N3O4/c1-18-15-25(34-4)23(22-9-11-28-26(18)22)17-30-13-10-21(33-3)16-24(30)19-5-7-20(8-6-19)27(31)29-12-14-32-2/h5-9,11,15,21,24,28H,10,12-14,16-17H2,1-4H3,(H,29,31)/t21-,24-/m0/s1. The summed E-state index contributed by atoms with van der Waals surface area (Å²) in [5.74, 6) is 0.832. The third kappa shape index (κ3) is 5.12. The Labute approximate surface area is 201 Å². The van der Waals surface area contributed by atoms with Crippen LogP contribution in [0.25, 0.3) is 10.9 Å². The number of likely N-dealkylation sites (tertiary alicyclic amines) is 1. The fourth-order valence-electron chi connectivity index (χ4n) is 4.94. The van der Waals surface area contributed by atoms with Crippen molar-refractivity contribution in [1.82, 2.24) is 15.2 Å². The first kappa shape index (κ1) is 24.3. The molecule has 1 amide bonds. The van der Waals surface area contributed by atoms with Crippen LogP contribution in [-0.4, -0.2) is 62.9 Å². The SMILES string of the molecule is COCCNC(=O)c1ccc([C@@H]2C[C@@H](OC)CCN2Cc2c(OC)cc(C)c3[nH]ccc23)cc1. The molecule has 1 aliphatic heterocycles. The number of aromatic nitrogens is 1. The number of aromatic amines is 1. The predicted molar refractivity (Wildman–Crippen MR) is 133 cm³/mol. The molecule has 0 saturated carbocycles. The number of hydrogen-bond acceptors (Lipinski definition) is 5. The maximum Gasteiger partial charge on any atom is 0.251 e. The van der Waals surface area contributed by atoms with Crippen LogP contribution < -0.4 is 10.1 Å². The number of rotatable bonds is 9. The van der Waals surface area contributed by atoms with Crippen molar-refractivity contribution in [3.63, 3.8) is 0 Å². The number of methoxy groups -OCH3 is 3. The van der Waals surface area contributed by atoms with Crippen LogP contribution in [-0.2, 0) is 16.0 Å². The summed E-state index contributed by atoms with van der Waals surface area (Å²) in [5, 5.41) is 4.08. The third-order valence-corrected chi connectivity index (χ3v) is 6.84. The molecule has 2 atom stereocenters. The Bertz CT molecular complexity index is 1110. The van der Waals surface area contributed by atoms with E-state index in [1.54, 1.807) is 21.3 Å². The van der Waals surface area contributed by atoms with Gasteiger partial charge in [-0.2, -0.15) is 0 Å². The van der Waals surface area contributed by atoms with Crippen LogP contribution in [0.4, 0.5) is 0 Å². The minimum atomic E-state index is -0.0851. The number of benzene rings is 2. The van der Waals surface area contributed by atoms with E-state index in [0.717, 1.165) is 37.2 Å². The Morgan fingerprint density at radius 3 is 2.68 bits per heavy atom. The quantitative estimate of drug-likeness (QED) is 0.463. The zero-order chi connectivity index (χ0) is 24.1. The topological polar surface area (TPSA) is 75.8 Å². The van der Waals surface area contributed by atoms with Gasteiger partial charge >= 0.3 is 0 Å². The number of nitrogens with one attached hydrogen (secondary N) is 2. The molecule has 1 saturated heterocycles. The van der Waals surface area contributed by atoms with Crippen LogP contribution in [0.2, 0.25) is 0 Å².